The zero-order chi connectivity index (χ0) is 16.9. The van der Waals surface area contributed by atoms with Crippen molar-refractivity contribution in [1.82, 2.24) is 15.3 Å². The van der Waals surface area contributed by atoms with Crippen molar-refractivity contribution in [2.45, 2.75) is 6.54 Å². The molecule has 0 spiro atoms. The number of hydrogen-bond donors (Lipinski definition) is 2. The number of nitrogens with zero attached hydrogens (tertiary/aromatic N) is 1. The predicted molar refractivity (Wildman–Crippen MR) is 97.4 cm³/mol. The van der Waals surface area contributed by atoms with Crippen LogP contribution in [-0.2, 0) is 6.54 Å². The van der Waals surface area contributed by atoms with Crippen molar-refractivity contribution in [3.8, 4) is 11.8 Å². The van der Waals surface area contributed by atoms with E-state index in [1.807, 2.05) is 24.3 Å². The molecule has 2 aromatic carbocycles. The van der Waals surface area contributed by atoms with Gasteiger partial charge in [0.05, 0.1) is 33.8 Å². The molecule has 1 aromatic heterocycles. The van der Waals surface area contributed by atoms with E-state index >= 15 is 0 Å². The second-order valence-corrected chi connectivity index (χ2v) is 5.93. The van der Waals surface area contributed by atoms with E-state index in [9.17, 15) is 4.79 Å². The molecule has 0 amide bonds. The Labute approximate surface area is 148 Å². The first-order valence-corrected chi connectivity index (χ1v) is 8.00. The lowest BCUT2D eigenvalue weighted by Crippen LogP contribution is -2.14. The van der Waals surface area contributed by atoms with Crippen LogP contribution in [0.4, 0.5) is 0 Å². The minimum atomic E-state index is -0.138. The number of H-pyrrole nitrogens is 1. The molecule has 3 rings (SSSR count). The lowest BCUT2D eigenvalue weighted by atomic mass is 10.1. The summed E-state index contributed by atoms with van der Waals surface area (Å²) in [5.74, 6) is 6.04. The SMILES string of the molecule is O=c1[nH]cnc2ccc(CNCC#Cc3ccc(Cl)c(Cl)c3)cc12. The van der Waals surface area contributed by atoms with Crippen LogP contribution in [-0.4, -0.2) is 16.5 Å². The summed E-state index contributed by atoms with van der Waals surface area (Å²) in [6, 6.07) is 10.9. The quantitative estimate of drug-likeness (QED) is 0.558. The van der Waals surface area contributed by atoms with Crippen LogP contribution in [0.1, 0.15) is 11.1 Å². The molecule has 0 aliphatic heterocycles. The first-order chi connectivity index (χ1) is 11.6. The van der Waals surface area contributed by atoms with Crippen molar-refractivity contribution in [3.63, 3.8) is 0 Å². The van der Waals surface area contributed by atoms with E-state index in [-0.39, 0.29) is 5.56 Å². The summed E-state index contributed by atoms with van der Waals surface area (Å²) in [6.45, 7) is 1.13. The standard InChI is InChI=1S/C18H13Cl2N3O/c19-15-5-3-12(9-16(15)20)2-1-7-21-10-13-4-6-17-14(8-13)18(24)23-11-22-17/h3-6,8-9,11,21H,7,10H2,(H,22,23,24). The lowest BCUT2D eigenvalue weighted by molar-refractivity contribution is 0.771. The maximum absolute atomic E-state index is 11.8. The number of benzene rings is 2. The smallest absolute Gasteiger partial charge is 0.258 e. The number of fused-ring (bicyclic) bond motifs is 1. The average molecular weight is 358 g/mol. The number of halogens is 2. The Morgan fingerprint density at radius 2 is 2.00 bits per heavy atom. The molecule has 0 unspecified atom stereocenters. The Balaban J connectivity index is 1.61. The fourth-order valence-electron chi connectivity index (χ4n) is 2.22. The van der Waals surface area contributed by atoms with Crippen LogP contribution >= 0.6 is 23.2 Å². The molecule has 0 aliphatic carbocycles. The summed E-state index contributed by atoms with van der Waals surface area (Å²) >= 11 is 11.8. The monoisotopic (exact) mass is 357 g/mol. The molecule has 0 saturated heterocycles. The number of aromatic nitrogens is 2. The molecule has 0 fully saturated rings. The predicted octanol–water partition coefficient (Wildman–Crippen LogP) is 3.37. The van der Waals surface area contributed by atoms with E-state index in [0.717, 1.165) is 11.1 Å². The van der Waals surface area contributed by atoms with Crippen LogP contribution in [0.2, 0.25) is 10.0 Å². The second-order valence-electron chi connectivity index (χ2n) is 5.12. The second kappa shape index (κ2) is 7.50. The van der Waals surface area contributed by atoms with Gasteiger partial charge in [-0.3, -0.25) is 4.79 Å². The minimum Gasteiger partial charge on any atom is -0.313 e. The summed E-state index contributed by atoms with van der Waals surface area (Å²) in [4.78, 5) is 18.5. The van der Waals surface area contributed by atoms with Gasteiger partial charge in [0.1, 0.15) is 0 Å². The van der Waals surface area contributed by atoms with Crippen LogP contribution in [0.15, 0.2) is 47.5 Å². The fraction of sp³-hybridized carbons (Fsp3) is 0.111. The van der Waals surface area contributed by atoms with Gasteiger partial charge in [-0.2, -0.15) is 0 Å². The molecule has 2 N–H and O–H groups in total. The number of aromatic amines is 1. The van der Waals surface area contributed by atoms with Gasteiger partial charge in [0, 0.05) is 12.1 Å². The van der Waals surface area contributed by atoms with Gasteiger partial charge in [-0.1, -0.05) is 41.1 Å². The van der Waals surface area contributed by atoms with Crippen molar-refractivity contribution in [2.75, 3.05) is 6.54 Å². The highest BCUT2D eigenvalue weighted by Crippen LogP contribution is 2.21. The maximum Gasteiger partial charge on any atom is 0.258 e. The Kier molecular flexibility index (Phi) is 5.17. The summed E-state index contributed by atoms with van der Waals surface area (Å²) in [6.07, 6.45) is 1.40. The van der Waals surface area contributed by atoms with Crippen molar-refractivity contribution >= 4 is 34.1 Å². The largest absolute Gasteiger partial charge is 0.313 e. The van der Waals surface area contributed by atoms with E-state index < -0.39 is 0 Å². The van der Waals surface area contributed by atoms with Crippen LogP contribution in [0.5, 0.6) is 0 Å². The number of rotatable bonds is 3. The number of hydrogen-bond acceptors (Lipinski definition) is 3. The van der Waals surface area contributed by atoms with Gasteiger partial charge in [-0.25, -0.2) is 4.98 Å². The molecular formula is C18H13Cl2N3O. The molecule has 0 radical (unpaired) electrons. The highest BCUT2D eigenvalue weighted by molar-refractivity contribution is 6.42. The van der Waals surface area contributed by atoms with Crippen molar-refractivity contribution in [2.24, 2.45) is 0 Å². The topological polar surface area (TPSA) is 57.8 Å². The molecule has 6 heteroatoms. The van der Waals surface area contributed by atoms with Gasteiger partial charge < -0.3 is 10.3 Å². The van der Waals surface area contributed by atoms with Crippen molar-refractivity contribution in [3.05, 3.63) is 74.3 Å². The van der Waals surface area contributed by atoms with Gasteiger partial charge in [0.15, 0.2) is 0 Å². The Morgan fingerprint density at radius 1 is 1.12 bits per heavy atom. The summed E-state index contributed by atoms with van der Waals surface area (Å²) in [5.41, 5.74) is 2.36. The molecule has 24 heavy (non-hydrogen) atoms. The third kappa shape index (κ3) is 3.95. The van der Waals surface area contributed by atoms with Gasteiger partial charge in [0.2, 0.25) is 0 Å². The van der Waals surface area contributed by atoms with E-state index in [2.05, 4.69) is 27.1 Å². The third-order valence-electron chi connectivity index (χ3n) is 3.40. The summed E-state index contributed by atoms with van der Waals surface area (Å²) in [7, 11) is 0. The van der Waals surface area contributed by atoms with Gasteiger partial charge in [-0.15, -0.1) is 0 Å². The molecule has 1 heterocycles. The third-order valence-corrected chi connectivity index (χ3v) is 4.14. The first kappa shape index (κ1) is 16.5. The van der Waals surface area contributed by atoms with Crippen molar-refractivity contribution in [1.29, 1.82) is 0 Å². The lowest BCUT2D eigenvalue weighted by Gasteiger charge is -2.03. The molecule has 0 saturated carbocycles. The van der Waals surface area contributed by atoms with Crippen LogP contribution in [0, 0.1) is 11.8 Å². The molecule has 120 valence electrons. The Morgan fingerprint density at radius 3 is 2.83 bits per heavy atom. The average Bonchev–Trinajstić information content (AvgIpc) is 2.58. The first-order valence-electron chi connectivity index (χ1n) is 7.24. The molecular weight excluding hydrogens is 345 g/mol. The zero-order valence-electron chi connectivity index (χ0n) is 12.6. The maximum atomic E-state index is 11.8. The number of nitrogens with one attached hydrogen (secondary N) is 2. The van der Waals surface area contributed by atoms with Gasteiger partial charge >= 0.3 is 0 Å². The van der Waals surface area contributed by atoms with Crippen LogP contribution in [0.25, 0.3) is 10.9 Å². The fourth-order valence-corrected chi connectivity index (χ4v) is 2.51. The van der Waals surface area contributed by atoms with E-state index in [1.54, 1.807) is 12.1 Å². The van der Waals surface area contributed by atoms with Crippen LogP contribution in [0.3, 0.4) is 0 Å². The van der Waals surface area contributed by atoms with Crippen molar-refractivity contribution < 1.29 is 0 Å². The zero-order valence-corrected chi connectivity index (χ0v) is 14.1. The summed E-state index contributed by atoms with van der Waals surface area (Å²) < 4.78 is 0. The van der Waals surface area contributed by atoms with Crippen LogP contribution < -0.4 is 10.9 Å². The molecule has 3 aromatic rings. The van der Waals surface area contributed by atoms with E-state index in [1.165, 1.54) is 6.33 Å². The highest BCUT2D eigenvalue weighted by atomic mass is 35.5. The minimum absolute atomic E-state index is 0.138. The van der Waals surface area contributed by atoms with E-state index in [0.29, 0.717) is 34.0 Å². The highest BCUT2D eigenvalue weighted by Gasteiger charge is 2.01. The molecule has 0 atom stereocenters. The Bertz CT molecular complexity index is 1000. The molecule has 0 bridgehead atoms. The van der Waals surface area contributed by atoms with Gasteiger partial charge in [0.25, 0.3) is 5.56 Å². The summed E-state index contributed by atoms with van der Waals surface area (Å²) in [5, 5.41) is 4.81. The molecule has 4 nitrogen and oxygen atoms in total. The normalized spacial score (nSPS) is 10.4. The Hall–Kier alpha value is -2.32. The van der Waals surface area contributed by atoms with Gasteiger partial charge in [-0.05, 0) is 35.9 Å². The van der Waals surface area contributed by atoms with E-state index in [4.69, 9.17) is 23.2 Å². The molecule has 0 aliphatic rings.